The van der Waals surface area contributed by atoms with Gasteiger partial charge in [-0.1, -0.05) is 11.6 Å². The minimum Gasteiger partial charge on any atom is -0.326 e. The van der Waals surface area contributed by atoms with Gasteiger partial charge in [-0.15, -0.1) is 11.6 Å². The lowest BCUT2D eigenvalue weighted by atomic mass is 10.3. The molecule has 20 heavy (non-hydrogen) atoms. The Morgan fingerprint density at radius 2 is 1.95 bits per heavy atom. The Bertz CT molecular complexity index is 620. The third-order valence-corrected chi connectivity index (χ3v) is 4.36. The first-order chi connectivity index (χ1) is 9.69. The number of fused-ring (bicyclic) bond motifs is 1. The molecule has 0 bridgehead atoms. The van der Waals surface area contributed by atoms with Gasteiger partial charge in [0.05, 0.1) is 21.9 Å². The first-order valence-corrected chi connectivity index (χ1v) is 7.73. The van der Waals surface area contributed by atoms with Crippen molar-refractivity contribution in [3.05, 3.63) is 28.8 Å². The van der Waals surface area contributed by atoms with Crippen LogP contribution in [0, 0.1) is 5.82 Å². The molecule has 0 atom stereocenters. The van der Waals surface area contributed by atoms with Crippen molar-refractivity contribution in [2.24, 2.45) is 0 Å². The van der Waals surface area contributed by atoms with Crippen LogP contribution in [0.5, 0.6) is 0 Å². The number of aromatic nitrogens is 2. The van der Waals surface area contributed by atoms with E-state index in [1.807, 2.05) is 4.57 Å². The van der Waals surface area contributed by atoms with E-state index in [-0.39, 0.29) is 5.02 Å². The maximum absolute atomic E-state index is 13.7. The van der Waals surface area contributed by atoms with Crippen LogP contribution >= 0.6 is 23.2 Å². The van der Waals surface area contributed by atoms with Gasteiger partial charge in [0.25, 0.3) is 0 Å². The van der Waals surface area contributed by atoms with Crippen LogP contribution in [0.4, 0.5) is 4.39 Å². The van der Waals surface area contributed by atoms with E-state index in [1.165, 1.54) is 18.9 Å². The summed E-state index contributed by atoms with van der Waals surface area (Å²) in [5, 5.41) is 0.0998. The monoisotopic (exact) mass is 315 g/mol. The first-order valence-electron chi connectivity index (χ1n) is 6.81. The summed E-state index contributed by atoms with van der Waals surface area (Å²) in [6, 6.07) is 3.01. The molecule has 3 rings (SSSR count). The molecule has 0 N–H and O–H groups in total. The van der Waals surface area contributed by atoms with Crippen LogP contribution in [-0.2, 0) is 12.4 Å². The molecule has 1 aromatic carbocycles. The van der Waals surface area contributed by atoms with Crippen molar-refractivity contribution < 1.29 is 4.39 Å². The van der Waals surface area contributed by atoms with Crippen LogP contribution in [0.15, 0.2) is 12.1 Å². The Labute approximate surface area is 127 Å². The van der Waals surface area contributed by atoms with E-state index >= 15 is 0 Å². The summed E-state index contributed by atoms with van der Waals surface area (Å²) in [5.74, 6) is 0.665. The zero-order chi connectivity index (χ0) is 14.1. The van der Waals surface area contributed by atoms with Crippen molar-refractivity contribution in [1.82, 2.24) is 14.5 Å². The molecule has 0 unspecified atom stereocenters. The summed E-state index contributed by atoms with van der Waals surface area (Å²) in [4.78, 5) is 6.85. The highest BCUT2D eigenvalue weighted by molar-refractivity contribution is 6.31. The number of halogens is 3. The van der Waals surface area contributed by atoms with Crippen LogP contribution in [-0.4, -0.2) is 34.1 Å². The van der Waals surface area contributed by atoms with Crippen LogP contribution in [0.25, 0.3) is 11.0 Å². The average molecular weight is 316 g/mol. The highest BCUT2D eigenvalue weighted by atomic mass is 35.5. The number of nitrogens with zero attached hydrogens (tertiary/aromatic N) is 3. The van der Waals surface area contributed by atoms with Gasteiger partial charge in [0, 0.05) is 19.2 Å². The smallest absolute Gasteiger partial charge is 0.144 e. The van der Waals surface area contributed by atoms with E-state index in [0.717, 1.165) is 37.5 Å². The molecule has 1 aliphatic rings. The molecule has 0 aliphatic carbocycles. The van der Waals surface area contributed by atoms with Gasteiger partial charge >= 0.3 is 0 Å². The molecule has 0 radical (unpaired) electrons. The van der Waals surface area contributed by atoms with E-state index in [2.05, 4.69) is 9.88 Å². The lowest BCUT2D eigenvalue weighted by molar-refractivity contribution is 0.323. The number of hydrogen-bond acceptors (Lipinski definition) is 2. The van der Waals surface area contributed by atoms with Crippen LogP contribution < -0.4 is 0 Å². The Morgan fingerprint density at radius 3 is 2.65 bits per heavy atom. The normalized spacial score (nSPS) is 16.4. The zero-order valence-electron chi connectivity index (χ0n) is 11.1. The van der Waals surface area contributed by atoms with Crippen molar-refractivity contribution >= 4 is 34.2 Å². The second kappa shape index (κ2) is 5.88. The van der Waals surface area contributed by atoms with Crippen LogP contribution in [0.2, 0.25) is 5.02 Å². The Balaban J connectivity index is 1.92. The fraction of sp³-hybridized carbons (Fsp3) is 0.500. The number of hydrogen-bond donors (Lipinski definition) is 0. The summed E-state index contributed by atoms with van der Waals surface area (Å²) < 4.78 is 15.7. The highest BCUT2D eigenvalue weighted by Crippen LogP contribution is 2.24. The van der Waals surface area contributed by atoms with Gasteiger partial charge in [-0.05, 0) is 32.0 Å². The number of alkyl halides is 1. The van der Waals surface area contributed by atoms with E-state index in [1.54, 1.807) is 6.07 Å². The molecule has 1 aliphatic heterocycles. The molecule has 2 heterocycles. The fourth-order valence-corrected chi connectivity index (χ4v) is 3.13. The lowest BCUT2D eigenvalue weighted by Crippen LogP contribution is -2.24. The van der Waals surface area contributed by atoms with Crippen molar-refractivity contribution in [1.29, 1.82) is 0 Å². The molecular weight excluding hydrogens is 300 g/mol. The fourth-order valence-electron chi connectivity index (χ4n) is 2.77. The van der Waals surface area contributed by atoms with Gasteiger partial charge in [-0.25, -0.2) is 9.37 Å². The van der Waals surface area contributed by atoms with Gasteiger partial charge in [0.15, 0.2) is 0 Å². The highest BCUT2D eigenvalue weighted by Gasteiger charge is 2.15. The molecule has 6 heteroatoms. The van der Waals surface area contributed by atoms with Crippen molar-refractivity contribution in [3.63, 3.8) is 0 Å². The van der Waals surface area contributed by atoms with Crippen molar-refractivity contribution in [3.8, 4) is 0 Å². The third-order valence-electron chi connectivity index (χ3n) is 3.83. The number of imidazole rings is 1. The molecule has 0 spiro atoms. The molecule has 1 aromatic heterocycles. The zero-order valence-corrected chi connectivity index (χ0v) is 12.6. The summed E-state index contributed by atoms with van der Waals surface area (Å²) in [6.45, 7) is 4.01. The predicted octanol–water partition coefficient (Wildman–Crippen LogP) is 3.66. The number of likely N-dealkylation sites (tertiary alicyclic amines) is 1. The molecule has 0 amide bonds. The summed E-state index contributed by atoms with van der Waals surface area (Å²) in [5.41, 5.74) is 1.47. The molecule has 1 fully saturated rings. The largest absolute Gasteiger partial charge is 0.326 e. The Kier molecular flexibility index (Phi) is 4.15. The van der Waals surface area contributed by atoms with Gasteiger partial charge in [-0.3, -0.25) is 0 Å². The van der Waals surface area contributed by atoms with E-state index in [0.29, 0.717) is 11.4 Å². The van der Waals surface area contributed by atoms with Gasteiger partial charge in [0.1, 0.15) is 11.6 Å². The number of rotatable bonds is 4. The molecule has 3 nitrogen and oxygen atoms in total. The van der Waals surface area contributed by atoms with Crippen LogP contribution in [0.1, 0.15) is 18.7 Å². The third kappa shape index (κ3) is 2.65. The SMILES string of the molecule is Fc1cc2c(cc1Cl)nc(CCl)n2CCN1CCCC1. The summed E-state index contributed by atoms with van der Waals surface area (Å²) >= 11 is 11.8. The predicted molar refractivity (Wildman–Crippen MR) is 79.9 cm³/mol. The molecular formula is C14H16Cl2FN3. The number of benzene rings is 1. The Hall–Kier alpha value is -0.840. The maximum Gasteiger partial charge on any atom is 0.144 e. The Morgan fingerprint density at radius 1 is 1.20 bits per heavy atom. The van der Waals surface area contributed by atoms with E-state index in [9.17, 15) is 4.39 Å². The summed E-state index contributed by atoms with van der Waals surface area (Å²) in [6.07, 6.45) is 2.52. The first kappa shape index (κ1) is 14.1. The molecule has 1 saturated heterocycles. The maximum atomic E-state index is 13.7. The summed E-state index contributed by atoms with van der Waals surface area (Å²) in [7, 11) is 0. The van der Waals surface area contributed by atoms with Crippen LogP contribution in [0.3, 0.4) is 0 Å². The van der Waals surface area contributed by atoms with Gasteiger partial charge < -0.3 is 9.47 Å². The van der Waals surface area contributed by atoms with Gasteiger partial charge in [-0.2, -0.15) is 0 Å². The standard InChI is InChI=1S/C14H16Cl2FN3/c15-9-14-18-12-7-10(16)11(17)8-13(12)20(14)6-5-19-3-1-2-4-19/h7-8H,1-6,9H2. The molecule has 108 valence electrons. The lowest BCUT2D eigenvalue weighted by Gasteiger charge is -2.16. The minimum atomic E-state index is -0.414. The van der Waals surface area contributed by atoms with Crippen molar-refractivity contribution in [2.45, 2.75) is 25.3 Å². The second-order valence-electron chi connectivity index (χ2n) is 5.12. The molecule has 0 saturated carbocycles. The molecule has 2 aromatic rings. The van der Waals surface area contributed by atoms with E-state index < -0.39 is 5.82 Å². The van der Waals surface area contributed by atoms with Gasteiger partial charge in [0.2, 0.25) is 0 Å². The minimum absolute atomic E-state index is 0.0998. The average Bonchev–Trinajstić information content (AvgIpc) is 3.05. The quantitative estimate of drug-likeness (QED) is 0.803. The van der Waals surface area contributed by atoms with Crippen molar-refractivity contribution in [2.75, 3.05) is 19.6 Å². The van der Waals surface area contributed by atoms with E-state index in [4.69, 9.17) is 23.2 Å². The second-order valence-corrected chi connectivity index (χ2v) is 5.79. The topological polar surface area (TPSA) is 21.1 Å².